The van der Waals surface area contributed by atoms with E-state index < -0.39 is 43.4 Å². The first kappa shape index (κ1) is 25.9. The highest BCUT2D eigenvalue weighted by Gasteiger charge is 2.45. The van der Waals surface area contributed by atoms with Crippen LogP contribution >= 0.6 is 0 Å². The predicted octanol–water partition coefficient (Wildman–Crippen LogP) is 1.49. The molecule has 0 radical (unpaired) electrons. The zero-order valence-corrected chi connectivity index (χ0v) is 19.9. The molecule has 0 aliphatic carbocycles. The lowest BCUT2D eigenvalue weighted by Gasteiger charge is -2.40. The molecule has 2 aromatic rings. The van der Waals surface area contributed by atoms with Gasteiger partial charge in [-0.05, 0) is 38.0 Å². The SMILES string of the molecule is CC(C)=CCc1c(O[C@@H]2OC(CO)[C@@H](O)[C@H](O)C2O)cc(O)c2c1O[C@H](c1ccc(O)cc1)CC2=O. The smallest absolute Gasteiger partial charge is 0.229 e. The van der Waals surface area contributed by atoms with Gasteiger partial charge < -0.3 is 44.8 Å². The number of ketones is 1. The molecule has 1 saturated heterocycles. The van der Waals surface area contributed by atoms with Crippen LogP contribution in [0.5, 0.6) is 23.0 Å². The van der Waals surface area contributed by atoms with Gasteiger partial charge in [-0.25, -0.2) is 0 Å². The molecule has 10 nitrogen and oxygen atoms in total. The minimum absolute atomic E-state index is 0.00309. The van der Waals surface area contributed by atoms with Crippen LogP contribution in [0.2, 0.25) is 0 Å². The molecule has 6 atom stereocenters. The van der Waals surface area contributed by atoms with Gasteiger partial charge in [0.1, 0.15) is 59.1 Å². The number of aromatic hydroxyl groups is 2. The molecule has 2 heterocycles. The average molecular weight is 503 g/mol. The van der Waals surface area contributed by atoms with Gasteiger partial charge in [-0.2, -0.15) is 0 Å². The maximum Gasteiger partial charge on any atom is 0.229 e. The summed E-state index contributed by atoms with van der Waals surface area (Å²) in [5, 5.41) is 60.4. The molecule has 2 aliphatic rings. The summed E-state index contributed by atoms with van der Waals surface area (Å²) < 4.78 is 17.5. The Morgan fingerprint density at radius 1 is 1.08 bits per heavy atom. The lowest BCUT2D eigenvalue weighted by Crippen LogP contribution is -2.60. The van der Waals surface area contributed by atoms with Crippen LogP contribution < -0.4 is 9.47 Å². The van der Waals surface area contributed by atoms with Crippen LogP contribution in [0.3, 0.4) is 0 Å². The number of phenolic OH excluding ortho intramolecular Hbond substituents is 2. The van der Waals surface area contributed by atoms with E-state index in [2.05, 4.69) is 0 Å². The second kappa shape index (κ2) is 10.5. The lowest BCUT2D eigenvalue weighted by atomic mass is 9.92. The number of Topliss-reactive ketones (excluding diaryl/α,β-unsaturated/α-hetero) is 1. The van der Waals surface area contributed by atoms with Crippen molar-refractivity contribution in [2.45, 2.75) is 63.5 Å². The number of rotatable bonds is 6. The molecule has 6 N–H and O–H groups in total. The van der Waals surface area contributed by atoms with Crippen molar-refractivity contribution in [2.75, 3.05) is 6.61 Å². The molecule has 0 spiro atoms. The fraction of sp³-hybridized carbons (Fsp3) is 0.423. The van der Waals surface area contributed by atoms with E-state index >= 15 is 0 Å². The van der Waals surface area contributed by atoms with E-state index in [-0.39, 0.29) is 47.2 Å². The van der Waals surface area contributed by atoms with Crippen molar-refractivity contribution < 1.29 is 49.6 Å². The first-order valence-electron chi connectivity index (χ1n) is 11.6. The molecule has 2 aliphatic heterocycles. The van der Waals surface area contributed by atoms with Crippen molar-refractivity contribution in [2.24, 2.45) is 0 Å². The molecule has 194 valence electrons. The van der Waals surface area contributed by atoms with Gasteiger partial charge in [0.15, 0.2) is 5.78 Å². The van der Waals surface area contributed by atoms with Gasteiger partial charge >= 0.3 is 0 Å². The van der Waals surface area contributed by atoms with Crippen molar-refractivity contribution in [3.05, 3.63) is 58.7 Å². The highest BCUT2D eigenvalue weighted by molar-refractivity contribution is 6.03. The summed E-state index contributed by atoms with van der Waals surface area (Å²) in [5.74, 6) is -0.517. The van der Waals surface area contributed by atoms with Crippen LogP contribution in [0.25, 0.3) is 0 Å². The topological polar surface area (TPSA) is 166 Å². The monoisotopic (exact) mass is 502 g/mol. The number of aliphatic hydroxyl groups excluding tert-OH is 4. The molecular weight excluding hydrogens is 472 g/mol. The summed E-state index contributed by atoms with van der Waals surface area (Å²) in [5.41, 5.74) is 2.02. The maximum absolute atomic E-state index is 13.1. The quantitative estimate of drug-likeness (QED) is 0.319. The number of benzene rings is 2. The molecule has 0 saturated carbocycles. The predicted molar refractivity (Wildman–Crippen MR) is 126 cm³/mol. The van der Waals surface area contributed by atoms with Crippen LogP contribution in [-0.2, 0) is 11.2 Å². The second-order valence-corrected chi connectivity index (χ2v) is 9.20. The molecule has 2 unspecified atom stereocenters. The summed E-state index contributed by atoms with van der Waals surface area (Å²) >= 11 is 0. The molecular formula is C26H30O10. The zero-order chi connectivity index (χ0) is 26.1. The van der Waals surface area contributed by atoms with E-state index in [9.17, 15) is 35.4 Å². The van der Waals surface area contributed by atoms with Gasteiger partial charge in [0, 0.05) is 11.6 Å². The average Bonchev–Trinajstić information content (AvgIpc) is 2.83. The van der Waals surface area contributed by atoms with Gasteiger partial charge in [0.2, 0.25) is 6.29 Å². The summed E-state index contributed by atoms with van der Waals surface area (Å²) in [4.78, 5) is 13.1. The Labute approximate surface area is 207 Å². The Morgan fingerprint density at radius 3 is 2.42 bits per heavy atom. The van der Waals surface area contributed by atoms with E-state index in [1.807, 2.05) is 19.9 Å². The van der Waals surface area contributed by atoms with Crippen molar-refractivity contribution in [1.82, 2.24) is 0 Å². The van der Waals surface area contributed by atoms with Crippen molar-refractivity contribution in [3.8, 4) is 23.0 Å². The molecule has 1 fully saturated rings. The summed E-state index contributed by atoms with van der Waals surface area (Å²) in [6.07, 6.45) is -6.14. The van der Waals surface area contributed by atoms with E-state index in [1.54, 1.807) is 12.1 Å². The molecule has 36 heavy (non-hydrogen) atoms. The number of ether oxygens (including phenoxy) is 3. The standard InChI is InChI=1S/C26H30O10/c1-12(2)3-8-15-19(35-26-24(33)23(32)22(31)20(11-27)36-26)10-17(30)21-16(29)9-18(34-25(15)21)13-4-6-14(28)7-5-13/h3-7,10,18,20,22-24,26-28,30-33H,8-9,11H2,1-2H3/t18-,20?,22+,23-,24?,26+/m0/s1. The van der Waals surface area contributed by atoms with Crippen LogP contribution in [-0.4, -0.2) is 73.7 Å². The number of hydrogen-bond donors (Lipinski definition) is 6. The zero-order valence-electron chi connectivity index (χ0n) is 19.9. The third-order valence-corrected chi connectivity index (χ3v) is 6.30. The molecule has 0 bridgehead atoms. The van der Waals surface area contributed by atoms with Gasteiger partial charge in [-0.15, -0.1) is 0 Å². The minimum atomic E-state index is -1.66. The Kier molecular flexibility index (Phi) is 7.53. The van der Waals surface area contributed by atoms with E-state index in [1.165, 1.54) is 18.2 Å². The second-order valence-electron chi connectivity index (χ2n) is 9.20. The Bertz CT molecular complexity index is 1140. The fourth-order valence-corrected chi connectivity index (χ4v) is 4.29. The fourth-order valence-electron chi connectivity index (χ4n) is 4.29. The van der Waals surface area contributed by atoms with E-state index in [0.29, 0.717) is 11.1 Å². The largest absolute Gasteiger partial charge is 0.508 e. The third kappa shape index (κ3) is 5.04. The Hall–Kier alpha value is -3.15. The number of carbonyl (C=O) groups is 1. The number of fused-ring (bicyclic) bond motifs is 1. The first-order valence-corrected chi connectivity index (χ1v) is 11.6. The minimum Gasteiger partial charge on any atom is -0.508 e. The summed E-state index contributed by atoms with van der Waals surface area (Å²) in [7, 11) is 0. The number of carbonyl (C=O) groups excluding carboxylic acids is 1. The summed E-state index contributed by atoms with van der Waals surface area (Å²) in [6.45, 7) is 3.14. The highest BCUT2D eigenvalue weighted by Crippen LogP contribution is 2.46. The number of allylic oxidation sites excluding steroid dienone is 2. The molecule has 10 heteroatoms. The highest BCUT2D eigenvalue weighted by atomic mass is 16.7. The van der Waals surface area contributed by atoms with E-state index in [4.69, 9.17) is 14.2 Å². The molecule has 2 aromatic carbocycles. The Morgan fingerprint density at radius 2 is 1.78 bits per heavy atom. The number of hydrogen-bond acceptors (Lipinski definition) is 10. The maximum atomic E-state index is 13.1. The molecule has 4 rings (SSSR count). The van der Waals surface area contributed by atoms with Crippen LogP contribution in [0.4, 0.5) is 0 Å². The van der Waals surface area contributed by atoms with Crippen LogP contribution in [0.1, 0.15) is 47.9 Å². The first-order chi connectivity index (χ1) is 17.1. The normalized spacial score (nSPS) is 27.7. The van der Waals surface area contributed by atoms with Crippen LogP contribution in [0.15, 0.2) is 42.0 Å². The number of phenols is 2. The van der Waals surface area contributed by atoms with Crippen molar-refractivity contribution >= 4 is 5.78 Å². The summed E-state index contributed by atoms with van der Waals surface area (Å²) in [6, 6.07) is 7.47. The molecule has 0 aromatic heterocycles. The van der Waals surface area contributed by atoms with E-state index in [0.717, 1.165) is 5.57 Å². The van der Waals surface area contributed by atoms with Crippen molar-refractivity contribution in [1.29, 1.82) is 0 Å². The van der Waals surface area contributed by atoms with Crippen molar-refractivity contribution in [3.63, 3.8) is 0 Å². The Balaban J connectivity index is 1.76. The van der Waals surface area contributed by atoms with Gasteiger partial charge in [0.25, 0.3) is 0 Å². The number of aliphatic hydroxyl groups is 4. The molecule has 0 amide bonds. The lowest BCUT2D eigenvalue weighted by molar-refractivity contribution is -0.277. The van der Waals surface area contributed by atoms with Crippen LogP contribution in [0, 0.1) is 0 Å². The van der Waals surface area contributed by atoms with Gasteiger partial charge in [-0.3, -0.25) is 4.79 Å². The van der Waals surface area contributed by atoms with Gasteiger partial charge in [0.05, 0.1) is 13.0 Å². The third-order valence-electron chi connectivity index (χ3n) is 6.30. The van der Waals surface area contributed by atoms with Gasteiger partial charge in [-0.1, -0.05) is 23.8 Å².